The average Bonchev–Trinajstić information content (AvgIpc) is 2.86. The molecule has 2 aromatic heterocycles. The fraction of sp³-hybridized carbons (Fsp3) is 0.154. The van der Waals surface area contributed by atoms with Gasteiger partial charge >= 0.3 is 0 Å². The van der Waals surface area contributed by atoms with E-state index in [4.69, 9.17) is 11.3 Å². The zero-order valence-electron chi connectivity index (χ0n) is 10.3. The third-order valence-corrected chi connectivity index (χ3v) is 3.08. The molecule has 0 spiro atoms. The summed E-state index contributed by atoms with van der Waals surface area (Å²) < 4.78 is 2.99. The van der Waals surface area contributed by atoms with Gasteiger partial charge in [0, 0.05) is 6.54 Å². The van der Waals surface area contributed by atoms with Crippen LogP contribution in [0.2, 0.25) is 0 Å². The first-order chi connectivity index (χ1) is 9.25. The number of rotatable bonds is 3. The lowest BCUT2D eigenvalue weighted by atomic mass is 10.1. The van der Waals surface area contributed by atoms with Crippen molar-refractivity contribution >= 4 is 11.0 Å². The Balaban J connectivity index is 1.90. The molecule has 3 N–H and O–H groups in total. The molecule has 0 saturated heterocycles. The minimum atomic E-state index is 0.218. The van der Waals surface area contributed by atoms with Gasteiger partial charge in [-0.25, -0.2) is 14.3 Å². The second kappa shape index (κ2) is 4.56. The van der Waals surface area contributed by atoms with Crippen LogP contribution < -0.4 is 11.3 Å². The molecule has 0 fully saturated rings. The topological polar surface area (TPSA) is 85.5 Å². The van der Waals surface area contributed by atoms with Crippen LogP contribution in [0.4, 0.5) is 0 Å². The molecule has 96 valence electrons. The van der Waals surface area contributed by atoms with Gasteiger partial charge in [0.2, 0.25) is 0 Å². The summed E-state index contributed by atoms with van der Waals surface area (Å²) in [6.07, 6.45) is 3.95. The molecule has 2 heterocycles. The van der Waals surface area contributed by atoms with E-state index in [1.165, 1.54) is 16.6 Å². The van der Waals surface area contributed by atoms with Gasteiger partial charge in [-0.1, -0.05) is 30.3 Å². The molecule has 0 bridgehead atoms. The summed E-state index contributed by atoms with van der Waals surface area (Å²) >= 11 is 0. The molecule has 3 aromatic rings. The van der Waals surface area contributed by atoms with E-state index in [1.807, 2.05) is 18.2 Å². The van der Waals surface area contributed by atoms with E-state index in [0.717, 1.165) is 13.0 Å². The highest BCUT2D eigenvalue weighted by molar-refractivity contribution is 5.72. The normalized spacial score (nSPS) is 10.9. The van der Waals surface area contributed by atoms with E-state index in [-0.39, 0.29) is 5.49 Å². The number of aryl methyl sites for hydroxylation is 2. The van der Waals surface area contributed by atoms with Crippen LogP contribution in [0.15, 0.2) is 42.9 Å². The van der Waals surface area contributed by atoms with E-state index in [1.54, 1.807) is 10.9 Å². The summed E-state index contributed by atoms with van der Waals surface area (Å²) in [6, 6.07) is 10.2. The smallest absolute Gasteiger partial charge is 0.163 e. The van der Waals surface area contributed by atoms with Crippen molar-refractivity contribution in [3.63, 3.8) is 0 Å². The molecule has 0 atom stereocenters. The Kier molecular flexibility index (Phi) is 2.75. The summed E-state index contributed by atoms with van der Waals surface area (Å²) in [7, 11) is 0. The maximum Gasteiger partial charge on any atom is 0.163 e. The van der Waals surface area contributed by atoms with Crippen molar-refractivity contribution in [3.8, 4) is 0 Å². The quantitative estimate of drug-likeness (QED) is 0.673. The van der Waals surface area contributed by atoms with Crippen LogP contribution in [0.5, 0.6) is 0 Å². The van der Waals surface area contributed by atoms with Gasteiger partial charge < -0.3 is 5.84 Å². The SMILES string of the molecule is N=c1c2cnn(CCc3ccccc3)c2ncn1N. The number of hydrogen-bond acceptors (Lipinski definition) is 4. The van der Waals surface area contributed by atoms with Crippen LogP contribution in [-0.4, -0.2) is 19.4 Å². The predicted molar refractivity (Wildman–Crippen MR) is 71.7 cm³/mol. The van der Waals surface area contributed by atoms with E-state index in [0.29, 0.717) is 11.0 Å². The van der Waals surface area contributed by atoms with Crippen LogP contribution in [0.1, 0.15) is 5.56 Å². The minimum Gasteiger partial charge on any atom is -0.336 e. The molecule has 0 radical (unpaired) electrons. The molecule has 0 aliphatic carbocycles. The van der Waals surface area contributed by atoms with Crippen molar-refractivity contribution in [2.45, 2.75) is 13.0 Å². The van der Waals surface area contributed by atoms with Crippen molar-refractivity contribution in [2.24, 2.45) is 0 Å². The monoisotopic (exact) mass is 254 g/mol. The molecule has 0 unspecified atom stereocenters. The number of aromatic nitrogens is 4. The molecule has 0 aliphatic heterocycles. The summed E-state index contributed by atoms with van der Waals surface area (Å²) in [5, 5.41) is 12.8. The Morgan fingerprint density at radius 2 is 2.00 bits per heavy atom. The van der Waals surface area contributed by atoms with Gasteiger partial charge in [-0.2, -0.15) is 5.10 Å². The molecule has 3 rings (SSSR count). The number of nitrogens with two attached hydrogens (primary N) is 1. The summed E-state index contributed by atoms with van der Waals surface area (Å²) in [5.74, 6) is 5.59. The molecule has 0 aliphatic rings. The molecular weight excluding hydrogens is 240 g/mol. The van der Waals surface area contributed by atoms with Gasteiger partial charge in [-0.05, 0) is 12.0 Å². The van der Waals surface area contributed by atoms with E-state index in [9.17, 15) is 0 Å². The summed E-state index contributed by atoms with van der Waals surface area (Å²) in [6.45, 7) is 0.731. The van der Waals surface area contributed by atoms with Crippen molar-refractivity contribution in [1.29, 1.82) is 5.41 Å². The maximum atomic E-state index is 7.84. The van der Waals surface area contributed by atoms with Crippen LogP contribution in [-0.2, 0) is 13.0 Å². The third-order valence-electron chi connectivity index (χ3n) is 3.08. The zero-order valence-corrected chi connectivity index (χ0v) is 10.3. The van der Waals surface area contributed by atoms with Crippen LogP contribution >= 0.6 is 0 Å². The Labute approximate surface area is 109 Å². The summed E-state index contributed by atoms with van der Waals surface area (Å²) in [4.78, 5) is 4.23. The highest BCUT2D eigenvalue weighted by Crippen LogP contribution is 2.07. The van der Waals surface area contributed by atoms with E-state index < -0.39 is 0 Å². The second-order valence-electron chi connectivity index (χ2n) is 4.34. The van der Waals surface area contributed by atoms with Crippen molar-refractivity contribution < 1.29 is 0 Å². The maximum absolute atomic E-state index is 7.84. The highest BCUT2D eigenvalue weighted by Gasteiger charge is 2.06. The summed E-state index contributed by atoms with van der Waals surface area (Å²) in [5.41, 5.74) is 2.17. The number of nitrogen functional groups attached to an aromatic ring is 1. The molecular formula is C13H14N6. The van der Waals surface area contributed by atoms with Crippen molar-refractivity contribution in [1.82, 2.24) is 19.4 Å². The number of nitrogens with one attached hydrogen (secondary N) is 1. The fourth-order valence-corrected chi connectivity index (χ4v) is 2.04. The molecule has 0 amide bonds. The van der Waals surface area contributed by atoms with E-state index in [2.05, 4.69) is 22.2 Å². The molecule has 6 nitrogen and oxygen atoms in total. The average molecular weight is 254 g/mol. The van der Waals surface area contributed by atoms with Gasteiger partial charge in [-0.15, -0.1) is 0 Å². The molecule has 1 aromatic carbocycles. The van der Waals surface area contributed by atoms with Gasteiger partial charge in [0.1, 0.15) is 6.33 Å². The standard InChI is InChI=1S/C13H14N6/c14-12-11-8-17-19(13(11)16-9-18(12)15)7-6-10-4-2-1-3-5-10/h1-5,8-9,14H,6-7,15H2. The van der Waals surface area contributed by atoms with Crippen LogP contribution in [0.3, 0.4) is 0 Å². The number of nitrogens with zero attached hydrogens (tertiary/aromatic N) is 4. The zero-order chi connectivity index (χ0) is 13.2. The first-order valence-corrected chi connectivity index (χ1v) is 6.02. The highest BCUT2D eigenvalue weighted by atomic mass is 15.3. The van der Waals surface area contributed by atoms with Crippen molar-refractivity contribution in [2.75, 3.05) is 5.84 Å². The lowest BCUT2D eigenvalue weighted by Gasteiger charge is -2.04. The molecule has 19 heavy (non-hydrogen) atoms. The first-order valence-electron chi connectivity index (χ1n) is 6.02. The number of benzene rings is 1. The molecule has 6 heteroatoms. The Morgan fingerprint density at radius 1 is 1.21 bits per heavy atom. The van der Waals surface area contributed by atoms with Crippen LogP contribution in [0, 0.1) is 5.41 Å². The van der Waals surface area contributed by atoms with Gasteiger partial charge in [0.05, 0.1) is 11.6 Å². The first kappa shape index (κ1) is 11.5. The minimum absolute atomic E-state index is 0.218. The van der Waals surface area contributed by atoms with Gasteiger partial charge in [0.15, 0.2) is 11.1 Å². The lowest BCUT2D eigenvalue weighted by Crippen LogP contribution is -2.27. The van der Waals surface area contributed by atoms with Crippen LogP contribution in [0.25, 0.3) is 11.0 Å². The Hall–Kier alpha value is -2.63. The van der Waals surface area contributed by atoms with E-state index >= 15 is 0 Å². The van der Waals surface area contributed by atoms with Gasteiger partial charge in [-0.3, -0.25) is 5.41 Å². The largest absolute Gasteiger partial charge is 0.336 e. The Bertz CT molecular complexity index is 756. The predicted octanol–water partition coefficient (Wildman–Crippen LogP) is 0.669. The lowest BCUT2D eigenvalue weighted by molar-refractivity contribution is 0.628. The third kappa shape index (κ3) is 2.08. The number of fused-ring (bicyclic) bond motifs is 1. The number of hydrogen-bond donors (Lipinski definition) is 2. The Morgan fingerprint density at radius 3 is 2.79 bits per heavy atom. The molecule has 0 saturated carbocycles. The fourth-order valence-electron chi connectivity index (χ4n) is 2.04. The second-order valence-corrected chi connectivity index (χ2v) is 4.34. The van der Waals surface area contributed by atoms with Crippen molar-refractivity contribution in [3.05, 3.63) is 53.9 Å². The van der Waals surface area contributed by atoms with Gasteiger partial charge in [0.25, 0.3) is 0 Å².